The first kappa shape index (κ1) is 26.0. The summed E-state index contributed by atoms with van der Waals surface area (Å²) >= 11 is 0. The van der Waals surface area contributed by atoms with E-state index in [4.69, 9.17) is 0 Å². The van der Waals surface area contributed by atoms with E-state index >= 15 is 0 Å². The third kappa shape index (κ3) is 3.79. The summed E-state index contributed by atoms with van der Waals surface area (Å²) in [5.74, 6) is 0. The first-order valence-electron chi connectivity index (χ1n) is 15.9. The fourth-order valence-electron chi connectivity index (χ4n) is 7.99. The van der Waals surface area contributed by atoms with Gasteiger partial charge in [-0.3, -0.25) is 0 Å². The van der Waals surface area contributed by atoms with Crippen LogP contribution in [-0.2, 0) is 5.41 Å². The molecular formula is C45H32. The van der Waals surface area contributed by atoms with E-state index in [1.54, 1.807) is 0 Å². The van der Waals surface area contributed by atoms with Crippen molar-refractivity contribution in [2.45, 2.75) is 19.3 Å². The Morgan fingerprint density at radius 3 is 1.53 bits per heavy atom. The molecule has 1 aliphatic carbocycles. The standard InChI is InChI=1S/C45H32/c1-45(2)41-25-12-11-18-34(41)35-27-26-30(28-42(35)45)43-37-20-7-9-22-39(37)44(40-23-10-8-21-38(40)43)36-19-6-5-17-33(36)32-24-13-15-29-14-3-4-16-31(29)32/h3-28H,1-2H3. The predicted octanol–water partition coefficient (Wildman–Crippen LogP) is 12.5. The summed E-state index contributed by atoms with van der Waals surface area (Å²) in [5.41, 5.74) is 13.1. The second-order valence-corrected chi connectivity index (χ2v) is 12.8. The number of hydrogen-bond acceptors (Lipinski definition) is 0. The maximum atomic E-state index is 2.47. The van der Waals surface area contributed by atoms with Crippen LogP contribution in [0.1, 0.15) is 25.0 Å². The van der Waals surface area contributed by atoms with Crippen molar-refractivity contribution < 1.29 is 0 Å². The van der Waals surface area contributed by atoms with E-state index < -0.39 is 0 Å². The fourth-order valence-corrected chi connectivity index (χ4v) is 7.99. The molecule has 0 aliphatic heterocycles. The van der Waals surface area contributed by atoms with E-state index in [1.807, 2.05) is 0 Å². The summed E-state index contributed by atoms with van der Waals surface area (Å²) < 4.78 is 0. The quantitative estimate of drug-likeness (QED) is 0.185. The van der Waals surface area contributed by atoms with Crippen molar-refractivity contribution >= 4 is 32.3 Å². The van der Waals surface area contributed by atoms with Gasteiger partial charge in [-0.05, 0) is 94.0 Å². The predicted molar refractivity (Wildman–Crippen MR) is 193 cm³/mol. The molecule has 1 aliphatic rings. The molecule has 0 atom stereocenters. The Bertz CT molecular complexity index is 2390. The molecule has 0 saturated carbocycles. The van der Waals surface area contributed by atoms with E-state index in [0.717, 1.165) is 0 Å². The van der Waals surface area contributed by atoms with Crippen molar-refractivity contribution in [2.24, 2.45) is 0 Å². The highest BCUT2D eigenvalue weighted by molar-refractivity contribution is 6.23. The lowest BCUT2D eigenvalue weighted by Gasteiger charge is -2.23. The highest BCUT2D eigenvalue weighted by Crippen LogP contribution is 2.51. The van der Waals surface area contributed by atoms with Crippen LogP contribution in [0.4, 0.5) is 0 Å². The number of benzene rings is 8. The minimum atomic E-state index is -0.0507. The Labute approximate surface area is 264 Å². The van der Waals surface area contributed by atoms with Gasteiger partial charge in [0.2, 0.25) is 0 Å². The van der Waals surface area contributed by atoms with Gasteiger partial charge in [-0.2, -0.15) is 0 Å². The molecule has 0 heteroatoms. The topological polar surface area (TPSA) is 0 Å². The largest absolute Gasteiger partial charge is 0.0619 e. The molecule has 8 aromatic rings. The molecule has 0 spiro atoms. The van der Waals surface area contributed by atoms with Gasteiger partial charge in [0.15, 0.2) is 0 Å². The van der Waals surface area contributed by atoms with Crippen LogP contribution in [0.25, 0.3) is 76.8 Å². The minimum absolute atomic E-state index is 0.0507. The number of rotatable bonds is 3. The van der Waals surface area contributed by atoms with Crippen molar-refractivity contribution in [1.82, 2.24) is 0 Å². The van der Waals surface area contributed by atoms with Crippen LogP contribution in [0, 0.1) is 0 Å². The van der Waals surface area contributed by atoms with Gasteiger partial charge in [-0.1, -0.05) is 166 Å². The Kier molecular flexibility index (Phi) is 5.64. The third-order valence-corrected chi connectivity index (χ3v) is 10.1. The SMILES string of the molecule is CC1(C)c2ccccc2-c2ccc(-c3c4ccccc4c(-c4ccccc4-c4cccc5ccccc45)c4ccccc34)cc21. The summed E-state index contributed by atoms with van der Waals surface area (Å²) in [4.78, 5) is 0. The van der Waals surface area contributed by atoms with E-state index in [2.05, 4.69) is 172 Å². The molecular weight excluding hydrogens is 540 g/mol. The fraction of sp³-hybridized carbons (Fsp3) is 0.0667. The number of fused-ring (bicyclic) bond motifs is 6. The molecule has 0 unspecified atom stereocenters. The van der Waals surface area contributed by atoms with Crippen molar-refractivity contribution in [2.75, 3.05) is 0 Å². The zero-order chi connectivity index (χ0) is 30.1. The Balaban J connectivity index is 1.35. The smallest absolute Gasteiger partial charge is 0.0159 e. The van der Waals surface area contributed by atoms with E-state index in [1.165, 1.54) is 88.0 Å². The average molecular weight is 573 g/mol. The monoisotopic (exact) mass is 572 g/mol. The van der Waals surface area contributed by atoms with Crippen LogP contribution in [0.2, 0.25) is 0 Å². The third-order valence-electron chi connectivity index (χ3n) is 10.1. The van der Waals surface area contributed by atoms with E-state index in [0.29, 0.717) is 0 Å². The normalized spacial score (nSPS) is 13.3. The maximum absolute atomic E-state index is 2.47. The average Bonchev–Trinajstić information content (AvgIpc) is 3.32. The van der Waals surface area contributed by atoms with Crippen molar-refractivity contribution in [3.05, 3.63) is 169 Å². The molecule has 0 saturated heterocycles. The second-order valence-electron chi connectivity index (χ2n) is 12.8. The van der Waals surface area contributed by atoms with Crippen molar-refractivity contribution in [3.63, 3.8) is 0 Å². The molecule has 45 heavy (non-hydrogen) atoms. The van der Waals surface area contributed by atoms with E-state index in [9.17, 15) is 0 Å². The first-order chi connectivity index (χ1) is 22.1. The summed E-state index contributed by atoms with van der Waals surface area (Å²) in [6.45, 7) is 4.73. The molecule has 0 aromatic heterocycles. The highest BCUT2D eigenvalue weighted by Gasteiger charge is 2.35. The van der Waals surface area contributed by atoms with Gasteiger partial charge < -0.3 is 0 Å². The van der Waals surface area contributed by atoms with Gasteiger partial charge in [0.25, 0.3) is 0 Å². The Morgan fingerprint density at radius 1 is 0.333 bits per heavy atom. The second kappa shape index (κ2) is 9.78. The summed E-state index contributed by atoms with van der Waals surface area (Å²) in [6, 6.07) is 58.4. The lowest BCUT2D eigenvalue weighted by atomic mass is 9.80. The van der Waals surface area contributed by atoms with Crippen LogP contribution in [-0.4, -0.2) is 0 Å². The summed E-state index contributed by atoms with van der Waals surface area (Å²) in [7, 11) is 0. The van der Waals surface area contributed by atoms with Gasteiger partial charge in [0, 0.05) is 5.41 Å². The zero-order valence-electron chi connectivity index (χ0n) is 25.5. The minimum Gasteiger partial charge on any atom is -0.0619 e. The van der Waals surface area contributed by atoms with E-state index in [-0.39, 0.29) is 5.41 Å². The lowest BCUT2D eigenvalue weighted by molar-refractivity contribution is 0.660. The molecule has 0 N–H and O–H groups in total. The van der Waals surface area contributed by atoms with Gasteiger partial charge in [-0.15, -0.1) is 0 Å². The van der Waals surface area contributed by atoms with Crippen LogP contribution < -0.4 is 0 Å². The molecule has 0 nitrogen and oxygen atoms in total. The molecule has 0 bridgehead atoms. The van der Waals surface area contributed by atoms with Crippen molar-refractivity contribution in [1.29, 1.82) is 0 Å². The van der Waals surface area contributed by atoms with Gasteiger partial charge in [-0.25, -0.2) is 0 Å². The lowest BCUT2D eigenvalue weighted by Crippen LogP contribution is -2.14. The molecule has 0 amide bonds. The highest BCUT2D eigenvalue weighted by atomic mass is 14.4. The summed E-state index contributed by atoms with van der Waals surface area (Å²) in [6.07, 6.45) is 0. The van der Waals surface area contributed by atoms with Gasteiger partial charge in [0.1, 0.15) is 0 Å². The van der Waals surface area contributed by atoms with Crippen LogP contribution in [0.15, 0.2) is 158 Å². The molecule has 8 aromatic carbocycles. The first-order valence-corrected chi connectivity index (χ1v) is 15.9. The molecule has 212 valence electrons. The molecule has 0 heterocycles. The van der Waals surface area contributed by atoms with Gasteiger partial charge >= 0.3 is 0 Å². The van der Waals surface area contributed by atoms with Gasteiger partial charge in [0.05, 0.1) is 0 Å². The van der Waals surface area contributed by atoms with Crippen LogP contribution in [0.3, 0.4) is 0 Å². The molecule has 0 radical (unpaired) electrons. The number of hydrogen-bond donors (Lipinski definition) is 0. The van der Waals surface area contributed by atoms with Crippen molar-refractivity contribution in [3.8, 4) is 44.5 Å². The zero-order valence-corrected chi connectivity index (χ0v) is 25.5. The Morgan fingerprint density at radius 2 is 0.822 bits per heavy atom. The maximum Gasteiger partial charge on any atom is 0.0159 e. The summed E-state index contributed by atoms with van der Waals surface area (Å²) in [5, 5.41) is 7.67. The van der Waals surface area contributed by atoms with Crippen LogP contribution >= 0.6 is 0 Å². The molecule has 9 rings (SSSR count). The Hall–Kier alpha value is -5.46. The van der Waals surface area contributed by atoms with Crippen LogP contribution in [0.5, 0.6) is 0 Å². The molecule has 0 fully saturated rings.